The maximum Gasteiger partial charge on any atom is 0.262 e. The van der Waals surface area contributed by atoms with Gasteiger partial charge in [-0.3, -0.25) is 4.79 Å². The lowest BCUT2D eigenvalue weighted by Gasteiger charge is -2.14. The minimum atomic E-state index is -0.920. The number of thiophene rings is 1. The summed E-state index contributed by atoms with van der Waals surface area (Å²) in [4.78, 5) is 12.5. The SMILES string of the molecule is CC(NC(=O)c1sccc1Br)c1ccc(F)c(F)c1. The molecule has 1 aromatic carbocycles. The van der Waals surface area contributed by atoms with Crippen LogP contribution in [-0.2, 0) is 0 Å². The van der Waals surface area contributed by atoms with E-state index >= 15 is 0 Å². The van der Waals surface area contributed by atoms with Gasteiger partial charge in [-0.2, -0.15) is 0 Å². The maximum atomic E-state index is 13.1. The van der Waals surface area contributed by atoms with Crippen molar-refractivity contribution in [2.24, 2.45) is 0 Å². The fourth-order valence-corrected chi connectivity index (χ4v) is 3.04. The highest BCUT2D eigenvalue weighted by atomic mass is 79.9. The zero-order valence-corrected chi connectivity index (χ0v) is 12.3. The molecule has 2 rings (SSSR count). The summed E-state index contributed by atoms with van der Waals surface area (Å²) in [5.41, 5.74) is 0.514. The Kier molecular flexibility index (Phi) is 4.31. The van der Waals surface area contributed by atoms with E-state index in [2.05, 4.69) is 21.2 Å². The molecule has 19 heavy (non-hydrogen) atoms. The molecule has 0 fully saturated rings. The fraction of sp³-hybridized carbons (Fsp3) is 0.154. The smallest absolute Gasteiger partial charge is 0.262 e. The van der Waals surface area contributed by atoms with E-state index in [1.165, 1.54) is 17.4 Å². The average molecular weight is 346 g/mol. The van der Waals surface area contributed by atoms with E-state index < -0.39 is 17.7 Å². The van der Waals surface area contributed by atoms with Crippen LogP contribution >= 0.6 is 27.3 Å². The standard InChI is InChI=1S/C13H10BrF2NOS/c1-7(8-2-3-10(15)11(16)6-8)17-13(18)12-9(14)4-5-19-12/h2-7H,1H3,(H,17,18). The lowest BCUT2D eigenvalue weighted by Crippen LogP contribution is -2.26. The minimum Gasteiger partial charge on any atom is -0.345 e. The normalized spacial score (nSPS) is 12.2. The number of amides is 1. The zero-order valence-electron chi connectivity index (χ0n) is 9.91. The van der Waals surface area contributed by atoms with Crippen LogP contribution in [0.25, 0.3) is 0 Å². The van der Waals surface area contributed by atoms with Gasteiger partial charge in [-0.25, -0.2) is 8.78 Å². The van der Waals surface area contributed by atoms with Crippen LogP contribution in [0.2, 0.25) is 0 Å². The molecule has 2 aromatic rings. The summed E-state index contributed by atoms with van der Waals surface area (Å²) in [6, 6.07) is 4.96. The van der Waals surface area contributed by atoms with Gasteiger partial charge >= 0.3 is 0 Å². The molecular formula is C13H10BrF2NOS. The molecule has 100 valence electrons. The molecule has 1 unspecified atom stereocenters. The summed E-state index contributed by atoms with van der Waals surface area (Å²) in [5.74, 6) is -2.07. The first-order valence-electron chi connectivity index (χ1n) is 5.48. The largest absolute Gasteiger partial charge is 0.345 e. The van der Waals surface area contributed by atoms with Crippen molar-refractivity contribution in [1.82, 2.24) is 5.32 Å². The molecule has 0 bridgehead atoms. The summed E-state index contributed by atoms with van der Waals surface area (Å²) >= 11 is 4.58. The zero-order chi connectivity index (χ0) is 14.0. The molecule has 1 amide bonds. The highest BCUT2D eigenvalue weighted by Gasteiger charge is 2.16. The van der Waals surface area contributed by atoms with Crippen LogP contribution in [0.1, 0.15) is 28.2 Å². The lowest BCUT2D eigenvalue weighted by atomic mass is 10.1. The van der Waals surface area contributed by atoms with Gasteiger partial charge in [0.2, 0.25) is 0 Å². The highest BCUT2D eigenvalue weighted by Crippen LogP contribution is 2.24. The Bertz CT molecular complexity index is 614. The molecular weight excluding hydrogens is 336 g/mol. The van der Waals surface area contributed by atoms with E-state index in [-0.39, 0.29) is 5.91 Å². The second-order valence-electron chi connectivity index (χ2n) is 3.97. The maximum absolute atomic E-state index is 13.1. The summed E-state index contributed by atoms with van der Waals surface area (Å²) in [6.45, 7) is 1.71. The Morgan fingerprint density at radius 3 is 2.63 bits per heavy atom. The topological polar surface area (TPSA) is 29.1 Å². The summed E-state index contributed by atoms with van der Waals surface area (Å²) < 4.78 is 26.7. The Morgan fingerprint density at radius 1 is 1.32 bits per heavy atom. The number of nitrogens with one attached hydrogen (secondary N) is 1. The van der Waals surface area contributed by atoms with Crippen LogP contribution in [0.4, 0.5) is 8.78 Å². The highest BCUT2D eigenvalue weighted by molar-refractivity contribution is 9.10. The van der Waals surface area contributed by atoms with Gasteiger partial charge < -0.3 is 5.32 Å². The Hall–Kier alpha value is -1.27. The van der Waals surface area contributed by atoms with Crippen LogP contribution in [0.15, 0.2) is 34.1 Å². The van der Waals surface area contributed by atoms with Gasteiger partial charge in [0.05, 0.1) is 6.04 Å². The monoisotopic (exact) mass is 345 g/mol. The third-order valence-electron chi connectivity index (χ3n) is 2.61. The molecule has 1 N–H and O–H groups in total. The van der Waals surface area contributed by atoms with E-state index in [0.717, 1.165) is 12.1 Å². The van der Waals surface area contributed by atoms with Crippen LogP contribution in [-0.4, -0.2) is 5.91 Å². The molecule has 1 heterocycles. The minimum absolute atomic E-state index is 0.251. The summed E-state index contributed by atoms with van der Waals surface area (Å²) in [7, 11) is 0. The molecule has 0 radical (unpaired) electrons. The van der Waals surface area contributed by atoms with Crippen molar-refractivity contribution in [3.05, 3.63) is 56.2 Å². The van der Waals surface area contributed by atoms with Crippen molar-refractivity contribution in [3.63, 3.8) is 0 Å². The first-order valence-corrected chi connectivity index (χ1v) is 7.15. The van der Waals surface area contributed by atoms with Gasteiger partial charge in [0.1, 0.15) is 4.88 Å². The van der Waals surface area contributed by atoms with E-state index in [1.54, 1.807) is 18.4 Å². The first kappa shape index (κ1) is 14.1. The van der Waals surface area contributed by atoms with Crippen molar-refractivity contribution in [1.29, 1.82) is 0 Å². The van der Waals surface area contributed by atoms with Gasteiger partial charge in [-0.1, -0.05) is 6.07 Å². The molecule has 0 aliphatic carbocycles. The number of benzene rings is 1. The molecule has 0 saturated heterocycles. The van der Waals surface area contributed by atoms with E-state index in [0.29, 0.717) is 14.9 Å². The Morgan fingerprint density at radius 2 is 2.05 bits per heavy atom. The summed E-state index contributed by atoms with van der Waals surface area (Å²) in [5, 5.41) is 4.53. The number of rotatable bonds is 3. The number of halogens is 3. The lowest BCUT2D eigenvalue weighted by molar-refractivity contribution is 0.0943. The second kappa shape index (κ2) is 5.79. The molecule has 0 spiro atoms. The van der Waals surface area contributed by atoms with Gasteiger partial charge in [-0.15, -0.1) is 11.3 Å². The molecule has 0 saturated carbocycles. The number of hydrogen-bond donors (Lipinski definition) is 1. The average Bonchev–Trinajstić information content (AvgIpc) is 2.79. The fourth-order valence-electron chi connectivity index (χ4n) is 1.58. The number of carbonyl (C=O) groups is 1. The van der Waals surface area contributed by atoms with Crippen molar-refractivity contribution in [2.45, 2.75) is 13.0 Å². The first-order chi connectivity index (χ1) is 8.99. The third kappa shape index (κ3) is 3.19. The van der Waals surface area contributed by atoms with Crippen molar-refractivity contribution < 1.29 is 13.6 Å². The molecule has 1 aromatic heterocycles. The third-order valence-corrected chi connectivity index (χ3v) is 4.45. The van der Waals surface area contributed by atoms with Crippen LogP contribution < -0.4 is 5.32 Å². The van der Waals surface area contributed by atoms with Crippen LogP contribution in [0.5, 0.6) is 0 Å². The number of hydrogen-bond acceptors (Lipinski definition) is 2. The predicted octanol–water partition coefficient (Wildman–Crippen LogP) is 4.28. The van der Waals surface area contributed by atoms with Crippen molar-refractivity contribution in [3.8, 4) is 0 Å². The predicted molar refractivity (Wildman–Crippen MR) is 74.3 cm³/mol. The van der Waals surface area contributed by atoms with E-state index in [4.69, 9.17) is 0 Å². The molecule has 1 atom stereocenters. The quantitative estimate of drug-likeness (QED) is 0.883. The number of carbonyl (C=O) groups excluding carboxylic acids is 1. The van der Waals surface area contributed by atoms with Crippen molar-refractivity contribution in [2.75, 3.05) is 0 Å². The van der Waals surface area contributed by atoms with Gasteiger partial charge in [0, 0.05) is 4.47 Å². The summed E-state index contributed by atoms with van der Waals surface area (Å²) in [6.07, 6.45) is 0. The molecule has 0 aliphatic rings. The van der Waals surface area contributed by atoms with Gasteiger partial charge in [-0.05, 0) is 52.0 Å². The van der Waals surface area contributed by atoms with Crippen molar-refractivity contribution >= 4 is 33.2 Å². The molecule has 0 aliphatic heterocycles. The Labute approximate surface area is 121 Å². The van der Waals surface area contributed by atoms with E-state index in [1.807, 2.05) is 0 Å². The molecule has 6 heteroatoms. The van der Waals surface area contributed by atoms with Gasteiger partial charge in [0.15, 0.2) is 11.6 Å². The van der Waals surface area contributed by atoms with E-state index in [9.17, 15) is 13.6 Å². The van der Waals surface area contributed by atoms with Gasteiger partial charge in [0.25, 0.3) is 5.91 Å². The molecule has 2 nitrogen and oxygen atoms in total. The van der Waals surface area contributed by atoms with Crippen LogP contribution in [0, 0.1) is 11.6 Å². The Balaban J connectivity index is 2.13. The van der Waals surface area contributed by atoms with Crippen LogP contribution in [0.3, 0.4) is 0 Å². The second-order valence-corrected chi connectivity index (χ2v) is 5.74.